The van der Waals surface area contributed by atoms with Crippen LogP contribution < -0.4 is 9.64 Å². The van der Waals surface area contributed by atoms with Gasteiger partial charge in [0, 0.05) is 50.0 Å². The first-order chi connectivity index (χ1) is 14.8. The molecule has 1 aliphatic heterocycles. The van der Waals surface area contributed by atoms with E-state index in [4.69, 9.17) is 9.15 Å². The fourth-order valence-corrected chi connectivity index (χ4v) is 4.12. The molecule has 2 aromatic heterocycles. The summed E-state index contributed by atoms with van der Waals surface area (Å²) < 4.78 is 11.7. The first-order valence-corrected chi connectivity index (χ1v) is 10.3. The van der Waals surface area contributed by atoms with E-state index in [1.165, 1.54) is 11.3 Å². The minimum atomic E-state index is 0.762. The highest BCUT2D eigenvalue weighted by Gasteiger charge is 2.19. The van der Waals surface area contributed by atoms with Crippen molar-refractivity contribution in [1.29, 1.82) is 0 Å². The Morgan fingerprint density at radius 2 is 1.73 bits per heavy atom. The molecule has 0 radical (unpaired) electrons. The molecule has 0 unspecified atom stereocenters. The third-order valence-electron chi connectivity index (χ3n) is 5.68. The van der Waals surface area contributed by atoms with Crippen LogP contribution in [0.5, 0.6) is 5.75 Å². The summed E-state index contributed by atoms with van der Waals surface area (Å²) in [5.74, 6) is 1.53. The molecule has 3 heterocycles. The van der Waals surface area contributed by atoms with Crippen molar-refractivity contribution in [3.05, 3.63) is 78.5 Å². The maximum atomic E-state index is 6.08. The van der Waals surface area contributed by atoms with Gasteiger partial charge in [0.05, 0.1) is 7.11 Å². The number of hydrogen-bond acceptors (Lipinski definition) is 5. The Kier molecular flexibility index (Phi) is 5.11. The molecule has 5 nitrogen and oxygen atoms in total. The summed E-state index contributed by atoms with van der Waals surface area (Å²) in [4.78, 5) is 9.35. The molecule has 0 N–H and O–H groups in total. The van der Waals surface area contributed by atoms with Gasteiger partial charge in [-0.1, -0.05) is 24.3 Å². The van der Waals surface area contributed by atoms with Gasteiger partial charge in [-0.05, 0) is 48.0 Å². The molecule has 152 valence electrons. The van der Waals surface area contributed by atoms with E-state index in [2.05, 4.69) is 63.3 Å². The number of hydrogen-bond donors (Lipinski definition) is 0. The van der Waals surface area contributed by atoms with Gasteiger partial charge < -0.3 is 14.1 Å². The van der Waals surface area contributed by atoms with Crippen molar-refractivity contribution < 1.29 is 9.15 Å². The van der Waals surface area contributed by atoms with Crippen LogP contribution in [-0.2, 0) is 6.54 Å². The van der Waals surface area contributed by atoms with Gasteiger partial charge in [-0.25, -0.2) is 0 Å². The van der Waals surface area contributed by atoms with Crippen LogP contribution >= 0.6 is 0 Å². The summed E-state index contributed by atoms with van der Waals surface area (Å²) in [5.41, 5.74) is 4.15. The van der Waals surface area contributed by atoms with Crippen molar-refractivity contribution in [2.24, 2.45) is 0 Å². The van der Waals surface area contributed by atoms with Gasteiger partial charge >= 0.3 is 0 Å². The summed E-state index contributed by atoms with van der Waals surface area (Å²) in [5, 5.41) is 1.05. The number of aromatic nitrogens is 1. The zero-order valence-corrected chi connectivity index (χ0v) is 17.1. The number of para-hydroxylation sites is 1. The molecule has 4 aromatic rings. The molecule has 0 atom stereocenters. The topological polar surface area (TPSA) is 41.7 Å². The maximum Gasteiger partial charge on any atom is 0.176 e. The first-order valence-electron chi connectivity index (χ1n) is 10.3. The van der Waals surface area contributed by atoms with Crippen molar-refractivity contribution in [2.75, 3.05) is 38.2 Å². The third-order valence-corrected chi connectivity index (χ3v) is 5.68. The molecule has 0 spiro atoms. The zero-order valence-electron chi connectivity index (χ0n) is 17.1. The van der Waals surface area contributed by atoms with Crippen LogP contribution in [0.1, 0.15) is 5.56 Å². The Hall–Kier alpha value is -3.31. The third kappa shape index (κ3) is 3.76. The smallest absolute Gasteiger partial charge is 0.176 e. The summed E-state index contributed by atoms with van der Waals surface area (Å²) in [7, 11) is 1.69. The number of rotatable bonds is 5. The van der Waals surface area contributed by atoms with E-state index >= 15 is 0 Å². The number of benzene rings is 2. The summed E-state index contributed by atoms with van der Waals surface area (Å²) >= 11 is 0. The van der Waals surface area contributed by atoms with E-state index in [9.17, 15) is 0 Å². The maximum absolute atomic E-state index is 6.08. The monoisotopic (exact) mass is 399 g/mol. The predicted molar refractivity (Wildman–Crippen MR) is 120 cm³/mol. The standard InChI is InChI=1S/C25H25N3O2/c1-29-24-16-19(15-20-17-23(30-25(20)24)22-9-5-6-10-26-22)18-27-11-13-28(14-12-27)21-7-3-2-4-8-21/h2-10,15-17H,11-14,18H2,1H3. The number of piperazine rings is 1. The van der Waals surface area contributed by atoms with Gasteiger partial charge in [0.25, 0.3) is 0 Å². The van der Waals surface area contributed by atoms with Crippen molar-refractivity contribution >= 4 is 16.7 Å². The fourth-order valence-electron chi connectivity index (χ4n) is 4.12. The van der Waals surface area contributed by atoms with Crippen LogP contribution in [0.15, 0.2) is 77.3 Å². The second-order valence-electron chi connectivity index (χ2n) is 7.64. The molecule has 0 amide bonds. The molecular formula is C25H25N3O2. The zero-order chi connectivity index (χ0) is 20.3. The van der Waals surface area contributed by atoms with Gasteiger partial charge in [-0.15, -0.1) is 0 Å². The van der Waals surface area contributed by atoms with E-state index in [0.717, 1.165) is 60.9 Å². The Labute approximate surface area is 176 Å². The lowest BCUT2D eigenvalue weighted by atomic mass is 10.1. The highest BCUT2D eigenvalue weighted by Crippen LogP contribution is 2.34. The molecule has 1 saturated heterocycles. The van der Waals surface area contributed by atoms with Crippen molar-refractivity contribution in [2.45, 2.75) is 6.54 Å². The summed E-state index contributed by atoms with van der Waals surface area (Å²) in [6.45, 7) is 5.07. The average Bonchev–Trinajstić information content (AvgIpc) is 3.24. The average molecular weight is 399 g/mol. The Morgan fingerprint density at radius 3 is 2.47 bits per heavy atom. The summed E-state index contributed by atoms with van der Waals surface area (Å²) in [6, 6.07) is 22.8. The number of fused-ring (bicyclic) bond motifs is 1. The minimum Gasteiger partial charge on any atom is -0.493 e. The second-order valence-corrected chi connectivity index (χ2v) is 7.64. The van der Waals surface area contributed by atoms with E-state index in [1.807, 2.05) is 18.2 Å². The number of ether oxygens (including phenoxy) is 1. The number of pyridine rings is 1. The van der Waals surface area contributed by atoms with Crippen molar-refractivity contribution in [3.8, 4) is 17.2 Å². The summed E-state index contributed by atoms with van der Waals surface area (Å²) in [6.07, 6.45) is 1.78. The van der Waals surface area contributed by atoms with Gasteiger partial charge in [-0.3, -0.25) is 9.88 Å². The molecule has 0 bridgehead atoms. The first kappa shape index (κ1) is 18.7. The quantitative estimate of drug-likeness (QED) is 0.481. The Morgan fingerprint density at radius 1 is 0.933 bits per heavy atom. The van der Waals surface area contributed by atoms with Gasteiger partial charge in [0.1, 0.15) is 5.69 Å². The molecule has 5 heteroatoms. The molecule has 1 aliphatic rings. The largest absolute Gasteiger partial charge is 0.493 e. The molecule has 0 saturated carbocycles. The number of methoxy groups -OCH3 is 1. The Balaban J connectivity index is 1.34. The fraction of sp³-hybridized carbons (Fsp3) is 0.240. The minimum absolute atomic E-state index is 0.762. The number of anilines is 1. The molecule has 5 rings (SSSR count). The van der Waals surface area contributed by atoms with Gasteiger partial charge in [0.2, 0.25) is 0 Å². The SMILES string of the molecule is COc1cc(CN2CCN(c3ccccc3)CC2)cc2cc(-c3ccccn3)oc12. The highest BCUT2D eigenvalue weighted by molar-refractivity contribution is 5.87. The lowest BCUT2D eigenvalue weighted by Gasteiger charge is -2.36. The van der Waals surface area contributed by atoms with Crippen LogP contribution in [0.25, 0.3) is 22.4 Å². The van der Waals surface area contributed by atoms with Crippen LogP contribution in [0.2, 0.25) is 0 Å². The van der Waals surface area contributed by atoms with Crippen LogP contribution in [-0.4, -0.2) is 43.2 Å². The molecule has 30 heavy (non-hydrogen) atoms. The van der Waals surface area contributed by atoms with Crippen molar-refractivity contribution in [1.82, 2.24) is 9.88 Å². The molecule has 2 aromatic carbocycles. The van der Waals surface area contributed by atoms with E-state index in [0.29, 0.717) is 0 Å². The molecular weight excluding hydrogens is 374 g/mol. The van der Waals surface area contributed by atoms with Crippen LogP contribution in [0, 0.1) is 0 Å². The van der Waals surface area contributed by atoms with Crippen molar-refractivity contribution in [3.63, 3.8) is 0 Å². The van der Waals surface area contributed by atoms with E-state index in [1.54, 1.807) is 13.3 Å². The van der Waals surface area contributed by atoms with E-state index < -0.39 is 0 Å². The predicted octanol–water partition coefficient (Wildman–Crippen LogP) is 4.83. The van der Waals surface area contributed by atoms with Gasteiger partial charge in [-0.2, -0.15) is 0 Å². The van der Waals surface area contributed by atoms with Gasteiger partial charge in [0.15, 0.2) is 17.1 Å². The highest BCUT2D eigenvalue weighted by atomic mass is 16.5. The molecule has 1 fully saturated rings. The lowest BCUT2D eigenvalue weighted by molar-refractivity contribution is 0.249. The number of nitrogens with zero attached hydrogens (tertiary/aromatic N) is 3. The lowest BCUT2D eigenvalue weighted by Crippen LogP contribution is -2.45. The normalized spacial score (nSPS) is 14.9. The number of furan rings is 1. The van der Waals surface area contributed by atoms with E-state index in [-0.39, 0.29) is 0 Å². The van der Waals surface area contributed by atoms with Crippen LogP contribution in [0.4, 0.5) is 5.69 Å². The molecule has 0 aliphatic carbocycles. The van der Waals surface area contributed by atoms with Crippen LogP contribution in [0.3, 0.4) is 0 Å². The Bertz CT molecular complexity index is 1120. The second kappa shape index (κ2) is 8.20.